The van der Waals surface area contributed by atoms with E-state index in [1.165, 1.54) is 12.1 Å². The van der Waals surface area contributed by atoms with Crippen molar-refractivity contribution in [3.63, 3.8) is 0 Å². The van der Waals surface area contributed by atoms with Crippen molar-refractivity contribution >= 4 is 15.9 Å². The summed E-state index contributed by atoms with van der Waals surface area (Å²) in [5.41, 5.74) is 7.35. The van der Waals surface area contributed by atoms with Crippen LogP contribution in [0.2, 0.25) is 0 Å². The molecule has 5 heteroatoms. The Morgan fingerprint density at radius 1 is 1.11 bits per heavy atom. The van der Waals surface area contributed by atoms with Gasteiger partial charge in [-0.15, -0.1) is 0 Å². The van der Waals surface area contributed by atoms with Crippen molar-refractivity contribution in [2.75, 3.05) is 0 Å². The van der Waals surface area contributed by atoms with Gasteiger partial charge < -0.3 is 10.2 Å². The number of benzene rings is 1. The van der Waals surface area contributed by atoms with E-state index in [2.05, 4.69) is 15.9 Å². The van der Waals surface area contributed by atoms with Crippen LogP contribution in [0, 0.1) is 32.4 Å². The largest absolute Gasteiger partial charge is 0.466 e. The Morgan fingerprint density at radius 3 is 2.26 bits per heavy atom. The second kappa shape index (κ2) is 5.06. The maximum absolute atomic E-state index is 14.1. The minimum Gasteiger partial charge on any atom is -0.466 e. The lowest BCUT2D eigenvalue weighted by Gasteiger charge is -2.15. The zero-order chi connectivity index (χ0) is 14.3. The van der Waals surface area contributed by atoms with Crippen molar-refractivity contribution in [3.8, 4) is 0 Å². The molecule has 0 saturated carbocycles. The molecule has 1 heterocycles. The van der Waals surface area contributed by atoms with Gasteiger partial charge in [-0.3, -0.25) is 0 Å². The van der Waals surface area contributed by atoms with E-state index in [1.54, 1.807) is 13.8 Å². The molecule has 19 heavy (non-hydrogen) atoms. The number of hydrogen-bond donors (Lipinski definition) is 1. The van der Waals surface area contributed by atoms with Crippen LogP contribution in [-0.2, 0) is 0 Å². The standard InChI is InChI=1S/C14H14BrF2NO/c1-6-7(2)19-8(3)11(6)14(18)12-10(16)5-4-9(15)13(12)17/h4-5,14H,18H2,1-3H3. The van der Waals surface area contributed by atoms with Gasteiger partial charge in [0.2, 0.25) is 0 Å². The molecule has 1 aromatic carbocycles. The molecular weight excluding hydrogens is 316 g/mol. The van der Waals surface area contributed by atoms with Crippen LogP contribution in [0.3, 0.4) is 0 Å². The minimum absolute atomic E-state index is 0.152. The Kier molecular flexibility index (Phi) is 3.78. The highest BCUT2D eigenvalue weighted by molar-refractivity contribution is 9.10. The van der Waals surface area contributed by atoms with E-state index in [0.717, 1.165) is 5.56 Å². The first-order valence-electron chi connectivity index (χ1n) is 5.80. The van der Waals surface area contributed by atoms with Gasteiger partial charge in [-0.05, 0) is 54.4 Å². The van der Waals surface area contributed by atoms with Crippen molar-refractivity contribution in [3.05, 3.63) is 56.5 Å². The molecule has 0 bridgehead atoms. The monoisotopic (exact) mass is 329 g/mol. The highest BCUT2D eigenvalue weighted by atomic mass is 79.9. The molecule has 0 radical (unpaired) electrons. The molecule has 0 saturated heterocycles. The molecule has 0 fully saturated rings. The number of hydrogen-bond acceptors (Lipinski definition) is 2. The third-order valence-electron chi connectivity index (χ3n) is 3.32. The predicted molar refractivity (Wildman–Crippen MR) is 73.0 cm³/mol. The Hall–Kier alpha value is -1.20. The van der Waals surface area contributed by atoms with Gasteiger partial charge in [-0.2, -0.15) is 0 Å². The molecule has 0 aliphatic carbocycles. The summed E-state index contributed by atoms with van der Waals surface area (Å²) < 4.78 is 33.6. The van der Waals surface area contributed by atoms with Crippen LogP contribution < -0.4 is 5.73 Å². The molecular formula is C14H14BrF2NO. The number of nitrogens with two attached hydrogens (primary N) is 1. The molecule has 2 aromatic rings. The van der Waals surface area contributed by atoms with Crippen LogP contribution >= 0.6 is 15.9 Å². The Morgan fingerprint density at radius 2 is 1.74 bits per heavy atom. The third-order valence-corrected chi connectivity index (χ3v) is 3.93. The van der Waals surface area contributed by atoms with Gasteiger partial charge in [-0.25, -0.2) is 8.78 Å². The summed E-state index contributed by atoms with van der Waals surface area (Å²) in [4.78, 5) is 0. The maximum Gasteiger partial charge on any atom is 0.145 e. The lowest BCUT2D eigenvalue weighted by Crippen LogP contribution is -2.17. The lowest BCUT2D eigenvalue weighted by molar-refractivity contribution is 0.495. The first kappa shape index (κ1) is 14.2. The SMILES string of the molecule is Cc1oc(C)c(C(N)c2c(F)ccc(Br)c2F)c1C. The first-order valence-corrected chi connectivity index (χ1v) is 6.59. The van der Waals surface area contributed by atoms with Crippen molar-refractivity contribution < 1.29 is 13.2 Å². The second-order valence-electron chi connectivity index (χ2n) is 4.49. The number of furan rings is 1. The average molecular weight is 330 g/mol. The summed E-state index contributed by atoms with van der Waals surface area (Å²) in [6.07, 6.45) is 0. The van der Waals surface area contributed by atoms with Gasteiger partial charge in [0, 0.05) is 11.1 Å². The quantitative estimate of drug-likeness (QED) is 0.834. The number of rotatable bonds is 2. The van der Waals surface area contributed by atoms with Crippen molar-refractivity contribution in [1.82, 2.24) is 0 Å². The summed E-state index contributed by atoms with van der Waals surface area (Å²) in [6, 6.07) is 1.62. The van der Waals surface area contributed by atoms with Gasteiger partial charge in [-0.1, -0.05) is 0 Å². The van der Waals surface area contributed by atoms with E-state index in [0.29, 0.717) is 17.1 Å². The lowest BCUT2D eigenvalue weighted by atomic mass is 9.95. The van der Waals surface area contributed by atoms with Gasteiger partial charge in [0.25, 0.3) is 0 Å². The van der Waals surface area contributed by atoms with E-state index >= 15 is 0 Å². The van der Waals surface area contributed by atoms with Crippen molar-refractivity contribution in [1.29, 1.82) is 0 Å². The summed E-state index contributed by atoms with van der Waals surface area (Å²) in [6.45, 7) is 5.37. The van der Waals surface area contributed by atoms with Crippen LogP contribution in [0.25, 0.3) is 0 Å². The molecule has 0 amide bonds. The fourth-order valence-electron chi connectivity index (χ4n) is 2.24. The molecule has 2 N–H and O–H groups in total. The fourth-order valence-corrected chi connectivity index (χ4v) is 2.59. The zero-order valence-electron chi connectivity index (χ0n) is 10.9. The fraction of sp³-hybridized carbons (Fsp3) is 0.286. The molecule has 2 nitrogen and oxygen atoms in total. The molecule has 1 atom stereocenters. The molecule has 0 aliphatic rings. The summed E-state index contributed by atoms with van der Waals surface area (Å²) in [5, 5.41) is 0. The zero-order valence-corrected chi connectivity index (χ0v) is 12.4. The molecule has 1 aromatic heterocycles. The van der Waals surface area contributed by atoms with Crippen LogP contribution in [0.1, 0.15) is 34.3 Å². The average Bonchev–Trinajstić information content (AvgIpc) is 2.58. The molecule has 2 rings (SSSR count). The van der Waals surface area contributed by atoms with E-state index < -0.39 is 17.7 Å². The summed E-state index contributed by atoms with van der Waals surface area (Å²) >= 11 is 3.04. The predicted octanol–water partition coefficient (Wildman–Crippen LogP) is 4.29. The highest BCUT2D eigenvalue weighted by Gasteiger charge is 2.25. The van der Waals surface area contributed by atoms with Crippen LogP contribution in [-0.4, -0.2) is 0 Å². The van der Waals surface area contributed by atoms with Gasteiger partial charge in [0.15, 0.2) is 0 Å². The van der Waals surface area contributed by atoms with Gasteiger partial charge in [0.05, 0.1) is 10.5 Å². The Bertz CT molecular complexity index is 637. The number of halogens is 3. The second-order valence-corrected chi connectivity index (χ2v) is 5.34. The maximum atomic E-state index is 14.1. The highest BCUT2D eigenvalue weighted by Crippen LogP contribution is 2.34. The topological polar surface area (TPSA) is 39.2 Å². The Balaban J connectivity index is 2.62. The van der Waals surface area contributed by atoms with E-state index in [1.807, 2.05) is 6.92 Å². The van der Waals surface area contributed by atoms with E-state index in [9.17, 15) is 8.78 Å². The van der Waals surface area contributed by atoms with Crippen molar-refractivity contribution in [2.45, 2.75) is 26.8 Å². The summed E-state index contributed by atoms with van der Waals surface area (Å²) in [5.74, 6) is -0.0453. The normalized spacial score (nSPS) is 12.8. The summed E-state index contributed by atoms with van der Waals surface area (Å²) in [7, 11) is 0. The van der Waals surface area contributed by atoms with Gasteiger partial charge in [0.1, 0.15) is 23.2 Å². The van der Waals surface area contributed by atoms with Gasteiger partial charge >= 0.3 is 0 Å². The minimum atomic E-state index is -0.894. The first-order chi connectivity index (χ1) is 8.84. The molecule has 1 unspecified atom stereocenters. The smallest absolute Gasteiger partial charge is 0.145 e. The molecule has 0 aliphatic heterocycles. The van der Waals surface area contributed by atoms with Crippen LogP contribution in [0.5, 0.6) is 0 Å². The van der Waals surface area contributed by atoms with Crippen LogP contribution in [0.15, 0.2) is 21.0 Å². The molecule has 0 spiro atoms. The van der Waals surface area contributed by atoms with E-state index in [4.69, 9.17) is 10.2 Å². The third kappa shape index (κ3) is 2.32. The van der Waals surface area contributed by atoms with E-state index in [-0.39, 0.29) is 10.0 Å². The van der Waals surface area contributed by atoms with Crippen LogP contribution in [0.4, 0.5) is 8.78 Å². The number of aryl methyl sites for hydroxylation is 2. The molecule has 102 valence electrons. The van der Waals surface area contributed by atoms with Crippen molar-refractivity contribution in [2.24, 2.45) is 5.73 Å². The Labute approximate surface area is 118 Å².